The van der Waals surface area contributed by atoms with Gasteiger partial charge in [0.25, 0.3) is 0 Å². The maximum Gasteiger partial charge on any atom is 0.351 e. The molecule has 4 nitrogen and oxygen atoms in total. The van der Waals surface area contributed by atoms with Crippen LogP contribution in [0.2, 0.25) is 0 Å². The molecule has 3 aromatic rings. The molecule has 0 fully saturated rings. The minimum atomic E-state index is -2.40. The Morgan fingerprint density at radius 1 is 0.862 bits per heavy atom. The number of rotatable bonds is 7. The lowest BCUT2D eigenvalue weighted by atomic mass is 10.2. The normalized spacial score (nSPS) is 11.6. The molecule has 0 atom stereocenters. The third kappa shape index (κ3) is 5.40. The molecule has 0 spiro atoms. The fourth-order valence-electron chi connectivity index (χ4n) is 2.86. The summed E-state index contributed by atoms with van der Waals surface area (Å²) < 4.78 is 4.94. The van der Waals surface area contributed by atoms with E-state index >= 15 is 0 Å². The van der Waals surface area contributed by atoms with Crippen LogP contribution in [-0.2, 0) is 9.53 Å². The molecular weight excluding hydrogens is 379 g/mol. The molecule has 0 radical (unpaired) electrons. The van der Waals surface area contributed by atoms with E-state index in [1.54, 1.807) is 6.92 Å². The fraction of sp³-hybridized carbons (Fsp3) is 0.0833. The molecule has 0 amide bonds. The highest BCUT2D eigenvalue weighted by Crippen LogP contribution is 2.49. The molecule has 3 rings (SSSR count). The Kier molecular flexibility index (Phi) is 7.32. The second-order valence-corrected chi connectivity index (χ2v) is 9.05. The Morgan fingerprint density at radius 2 is 1.38 bits per heavy atom. The van der Waals surface area contributed by atoms with E-state index in [9.17, 15) is 4.79 Å². The van der Waals surface area contributed by atoms with Crippen molar-refractivity contribution >= 4 is 35.9 Å². The summed E-state index contributed by atoms with van der Waals surface area (Å²) in [7, 11) is -2.40. The second-order valence-electron chi connectivity index (χ2n) is 6.17. The first-order chi connectivity index (χ1) is 14.2. The molecule has 0 unspecified atom stereocenters. The van der Waals surface area contributed by atoms with Crippen molar-refractivity contribution in [3.05, 3.63) is 102 Å². The summed E-state index contributed by atoms with van der Waals surface area (Å²) in [4.78, 5) is 16.5. The molecule has 29 heavy (non-hydrogen) atoms. The van der Waals surface area contributed by atoms with Crippen LogP contribution < -0.4 is 10.6 Å². The molecule has 0 saturated carbocycles. The lowest BCUT2D eigenvalue weighted by Gasteiger charge is -2.20. The molecule has 5 heteroatoms. The first-order valence-corrected chi connectivity index (χ1v) is 11.2. The quantitative estimate of drug-likeness (QED) is 0.240. The van der Waals surface area contributed by atoms with E-state index in [1.165, 1.54) is 0 Å². The van der Waals surface area contributed by atoms with Gasteiger partial charge in [0.15, 0.2) is 0 Å². The number of ether oxygens (including phenoxy) is 1. The number of hydrogen-bond donors (Lipinski definition) is 0. The zero-order valence-corrected chi connectivity index (χ0v) is 17.2. The summed E-state index contributed by atoms with van der Waals surface area (Å²) in [6, 6.07) is 30.2. The van der Waals surface area contributed by atoms with Crippen molar-refractivity contribution < 1.29 is 9.53 Å². The predicted octanol–water partition coefficient (Wildman–Crippen LogP) is 5.06. The summed E-state index contributed by atoms with van der Waals surface area (Å²) in [6.07, 6.45) is 3.21. The standard InChI is InChI=1S/C24H23N2O2P/c1-2-28-24(27)20-25-26-29(22-14-8-4-9-15-22,23-16-10-5-11-17-23)19-18-21-12-6-3-7-13-21/h3-20H,2H2,1H3/b19-18+,25-20?. The molecule has 0 aliphatic carbocycles. The topological polar surface area (TPSA) is 51.0 Å². The lowest BCUT2D eigenvalue weighted by molar-refractivity contribution is -0.134. The highest BCUT2D eigenvalue weighted by atomic mass is 31.2. The molecule has 0 aromatic heterocycles. The number of nitrogens with zero attached hydrogens (tertiary/aromatic N) is 2. The first kappa shape index (κ1) is 20.5. The van der Waals surface area contributed by atoms with Crippen LogP contribution in [0.4, 0.5) is 0 Å². The number of esters is 1. The van der Waals surface area contributed by atoms with Crippen LogP contribution in [0.15, 0.2) is 107 Å². The Hall–Kier alpha value is -3.23. The van der Waals surface area contributed by atoms with Gasteiger partial charge in [0, 0.05) is 10.6 Å². The highest BCUT2D eigenvalue weighted by molar-refractivity contribution is 7.83. The molecule has 0 aliphatic heterocycles. The van der Waals surface area contributed by atoms with Crippen molar-refractivity contribution in [2.24, 2.45) is 9.96 Å². The number of benzene rings is 3. The molecule has 0 heterocycles. The number of carbonyl (C=O) groups is 1. The van der Waals surface area contributed by atoms with Crippen LogP contribution >= 0.6 is 7.05 Å². The van der Waals surface area contributed by atoms with Gasteiger partial charge in [0.05, 0.1) is 13.7 Å². The van der Waals surface area contributed by atoms with E-state index in [-0.39, 0.29) is 0 Å². The van der Waals surface area contributed by atoms with E-state index in [4.69, 9.17) is 9.59 Å². The van der Waals surface area contributed by atoms with Gasteiger partial charge in [-0.1, -0.05) is 97.1 Å². The van der Waals surface area contributed by atoms with Crippen LogP contribution in [0.3, 0.4) is 0 Å². The van der Waals surface area contributed by atoms with Gasteiger partial charge in [-0.2, -0.15) is 9.96 Å². The summed E-state index contributed by atoms with van der Waals surface area (Å²) in [5.74, 6) is 1.62. The van der Waals surface area contributed by atoms with Crippen molar-refractivity contribution in [3.63, 3.8) is 0 Å². The van der Waals surface area contributed by atoms with Gasteiger partial charge in [-0.25, -0.2) is 4.79 Å². The van der Waals surface area contributed by atoms with Crippen molar-refractivity contribution in [1.29, 1.82) is 0 Å². The SMILES string of the molecule is CCOC(=O)C=NN=P(/C=C/c1ccccc1)(c1ccccc1)c1ccccc1. The Labute approximate surface area is 171 Å². The van der Waals surface area contributed by atoms with Crippen molar-refractivity contribution in [3.8, 4) is 0 Å². The van der Waals surface area contributed by atoms with Gasteiger partial charge in [-0.05, 0) is 18.3 Å². The van der Waals surface area contributed by atoms with Crippen LogP contribution in [-0.4, -0.2) is 18.8 Å². The van der Waals surface area contributed by atoms with E-state index in [0.717, 1.165) is 22.4 Å². The van der Waals surface area contributed by atoms with Crippen molar-refractivity contribution in [2.75, 3.05) is 6.61 Å². The van der Waals surface area contributed by atoms with Crippen molar-refractivity contribution in [1.82, 2.24) is 0 Å². The van der Waals surface area contributed by atoms with E-state index in [2.05, 4.69) is 41.3 Å². The molecule has 3 aromatic carbocycles. The van der Waals surface area contributed by atoms with Crippen LogP contribution in [0.1, 0.15) is 12.5 Å². The minimum absolute atomic E-state index is 0.302. The van der Waals surface area contributed by atoms with Crippen molar-refractivity contribution in [2.45, 2.75) is 6.92 Å². The van der Waals surface area contributed by atoms with Gasteiger partial charge >= 0.3 is 5.97 Å². The van der Waals surface area contributed by atoms with Gasteiger partial charge in [0.2, 0.25) is 0 Å². The summed E-state index contributed by atoms with van der Waals surface area (Å²) in [5, 5.41) is 6.26. The predicted molar refractivity (Wildman–Crippen MR) is 122 cm³/mol. The third-order valence-corrected chi connectivity index (χ3v) is 7.36. The largest absolute Gasteiger partial charge is 0.462 e. The Bertz CT molecular complexity index is 987. The lowest BCUT2D eigenvalue weighted by Crippen LogP contribution is -2.14. The second kappa shape index (κ2) is 10.4. The molecule has 0 N–H and O–H groups in total. The molecular formula is C24H23N2O2P. The number of hydrogen-bond acceptors (Lipinski definition) is 3. The first-order valence-electron chi connectivity index (χ1n) is 9.41. The minimum Gasteiger partial charge on any atom is -0.462 e. The third-order valence-electron chi connectivity index (χ3n) is 4.22. The zero-order chi connectivity index (χ0) is 20.4. The zero-order valence-electron chi connectivity index (χ0n) is 16.3. The molecule has 0 aliphatic rings. The summed E-state index contributed by atoms with van der Waals surface area (Å²) in [5.41, 5.74) is 1.08. The average Bonchev–Trinajstić information content (AvgIpc) is 2.78. The summed E-state index contributed by atoms with van der Waals surface area (Å²) >= 11 is 0. The highest BCUT2D eigenvalue weighted by Gasteiger charge is 2.22. The Morgan fingerprint density at radius 3 is 1.90 bits per heavy atom. The van der Waals surface area contributed by atoms with E-state index < -0.39 is 13.0 Å². The van der Waals surface area contributed by atoms with E-state index in [0.29, 0.717) is 6.61 Å². The fourth-order valence-corrected chi connectivity index (χ4v) is 5.62. The van der Waals surface area contributed by atoms with Crippen LogP contribution in [0, 0.1) is 0 Å². The van der Waals surface area contributed by atoms with Crippen LogP contribution in [0.5, 0.6) is 0 Å². The Balaban J connectivity index is 2.19. The number of carbonyl (C=O) groups excluding carboxylic acids is 1. The van der Waals surface area contributed by atoms with Gasteiger partial charge < -0.3 is 4.74 Å². The van der Waals surface area contributed by atoms with Gasteiger partial charge in [-0.3, -0.25) is 0 Å². The molecule has 146 valence electrons. The van der Waals surface area contributed by atoms with Gasteiger partial charge in [-0.15, -0.1) is 0 Å². The van der Waals surface area contributed by atoms with E-state index in [1.807, 2.05) is 66.7 Å². The van der Waals surface area contributed by atoms with Gasteiger partial charge in [0.1, 0.15) is 6.21 Å². The molecule has 0 bridgehead atoms. The monoisotopic (exact) mass is 402 g/mol. The maximum atomic E-state index is 11.7. The molecule has 0 saturated heterocycles. The average molecular weight is 402 g/mol. The maximum absolute atomic E-state index is 11.7. The smallest absolute Gasteiger partial charge is 0.351 e. The summed E-state index contributed by atoms with van der Waals surface area (Å²) in [6.45, 7) is 2.06. The van der Waals surface area contributed by atoms with Crippen LogP contribution in [0.25, 0.3) is 6.08 Å².